The molecule has 1 aliphatic rings. The van der Waals surface area contributed by atoms with Crippen molar-refractivity contribution in [2.45, 2.75) is 45.7 Å². The van der Waals surface area contributed by atoms with Crippen LogP contribution in [-0.2, 0) is 13.1 Å². The van der Waals surface area contributed by atoms with Crippen molar-refractivity contribution >= 4 is 0 Å². The van der Waals surface area contributed by atoms with E-state index >= 15 is 0 Å². The van der Waals surface area contributed by atoms with Gasteiger partial charge in [0.15, 0.2) is 0 Å². The number of rotatable bonds is 6. The van der Waals surface area contributed by atoms with Gasteiger partial charge in [0, 0.05) is 13.1 Å². The summed E-state index contributed by atoms with van der Waals surface area (Å²) in [5.41, 5.74) is 2.90. The Morgan fingerprint density at radius 3 is 2.35 bits per heavy atom. The average molecular weight is 274 g/mol. The van der Waals surface area contributed by atoms with E-state index < -0.39 is 0 Å². The molecule has 0 aromatic heterocycles. The molecular weight excluding hydrogens is 244 g/mol. The number of hydrogen-bond donors (Lipinski definition) is 1. The standard InChI is InChI=1S/C18H30N2/c1-15-8-10-16(11-9-15)12-19-13-17-6-4-5-7-18(17)14-20(2)3/h4-7,15-16,19H,8-14H2,1-3H3. The largest absolute Gasteiger partial charge is 0.312 e. The molecule has 0 heterocycles. The van der Waals surface area contributed by atoms with Crippen LogP contribution in [0.4, 0.5) is 0 Å². The van der Waals surface area contributed by atoms with Crippen molar-refractivity contribution in [3.63, 3.8) is 0 Å². The van der Waals surface area contributed by atoms with Gasteiger partial charge < -0.3 is 10.2 Å². The molecule has 0 atom stereocenters. The number of hydrogen-bond acceptors (Lipinski definition) is 2. The van der Waals surface area contributed by atoms with E-state index in [9.17, 15) is 0 Å². The van der Waals surface area contributed by atoms with Crippen molar-refractivity contribution < 1.29 is 0 Å². The van der Waals surface area contributed by atoms with Gasteiger partial charge in [0.05, 0.1) is 0 Å². The van der Waals surface area contributed by atoms with E-state index in [0.717, 1.165) is 24.9 Å². The Kier molecular flexibility index (Phi) is 6.06. The van der Waals surface area contributed by atoms with Crippen LogP contribution in [0.1, 0.15) is 43.7 Å². The van der Waals surface area contributed by atoms with E-state index in [4.69, 9.17) is 0 Å². The second-order valence-corrected chi connectivity index (χ2v) is 6.76. The van der Waals surface area contributed by atoms with Crippen LogP contribution in [-0.4, -0.2) is 25.5 Å². The lowest BCUT2D eigenvalue weighted by atomic mass is 9.83. The van der Waals surface area contributed by atoms with Gasteiger partial charge in [-0.05, 0) is 56.4 Å². The molecule has 0 bridgehead atoms. The van der Waals surface area contributed by atoms with Crippen molar-refractivity contribution in [1.29, 1.82) is 0 Å². The Morgan fingerprint density at radius 1 is 1.05 bits per heavy atom. The van der Waals surface area contributed by atoms with Gasteiger partial charge in [-0.25, -0.2) is 0 Å². The number of nitrogens with one attached hydrogen (secondary N) is 1. The van der Waals surface area contributed by atoms with Crippen LogP contribution < -0.4 is 5.32 Å². The quantitative estimate of drug-likeness (QED) is 0.851. The zero-order chi connectivity index (χ0) is 14.4. The van der Waals surface area contributed by atoms with Gasteiger partial charge in [-0.1, -0.05) is 44.0 Å². The number of benzene rings is 1. The van der Waals surface area contributed by atoms with Crippen LogP contribution in [0.2, 0.25) is 0 Å². The summed E-state index contributed by atoms with van der Waals surface area (Å²) in [6.45, 7) is 5.61. The molecule has 1 aromatic carbocycles. The van der Waals surface area contributed by atoms with Gasteiger partial charge in [-0.2, -0.15) is 0 Å². The molecule has 0 spiro atoms. The molecule has 2 nitrogen and oxygen atoms in total. The molecule has 112 valence electrons. The molecule has 1 aliphatic carbocycles. The Labute approximate surface area is 124 Å². The second-order valence-electron chi connectivity index (χ2n) is 6.76. The molecule has 0 radical (unpaired) electrons. The smallest absolute Gasteiger partial charge is 0.0230 e. The highest BCUT2D eigenvalue weighted by Gasteiger charge is 2.17. The molecular formula is C18H30N2. The van der Waals surface area contributed by atoms with Crippen molar-refractivity contribution in [2.24, 2.45) is 11.8 Å². The van der Waals surface area contributed by atoms with Gasteiger partial charge in [-0.3, -0.25) is 0 Å². The van der Waals surface area contributed by atoms with E-state index in [1.807, 2.05) is 0 Å². The minimum absolute atomic E-state index is 0.896. The van der Waals surface area contributed by atoms with E-state index in [2.05, 4.69) is 55.5 Å². The van der Waals surface area contributed by atoms with Gasteiger partial charge in [0.1, 0.15) is 0 Å². The summed E-state index contributed by atoms with van der Waals surface area (Å²) in [7, 11) is 4.26. The molecule has 2 rings (SSSR count). The monoisotopic (exact) mass is 274 g/mol. The van der Waals surface area contributed by atoms with E-state index in [0.29, 0.717) is 0 Å². The fraction of sp³-hybridized carbons (Fsp3) is 0.667. The Hall–Kier alpha value is -0.860. The first-order chi connectivity index (χ1) is 9.65. The third kappa shape index (κ3) is 4.92. The van der Waals surface area contributed by atoms with Gasteiger partial charge in [0.25, 0.3) is 0 Å². The lowest BCUT2D eigenvalue weighted by molar-refractivity contribution is 0.281. The van der Waals surface area contributed by atoms with Crippen molar-refractivity contribution in [3.05, 3.63) is 35.4 Å². The maximum absolute atomic E-state index is 3.68. The summed E-state index contributed by atoms with van der Waals surface area (Å²) >= 11 is 0. The van der Waals surface area contributed by atoms with Crippen LogP contribution in [0, 0.1) is 11.8 Å². The van der Waals surface area contributed by atoms with Crippen LogP contribution in [0.25, 0.3) is 0 Å². The first kappa shape index (κ1) is 15.5. The molecule has 1 saturated carbocycles. The molecule has 1 fully saturated rings. The predicted octanol–water partition coefficient (Wildman–Crippen LogP) is 3.66. The average Bonchev–Trinajstić information content (AvgIpc) is 2.42. The molecule has 1 N–H and O–H groups in total. The van der Waals surface area contributed by atoms with Gasteiger partial charge in [0.2, 0.25) is 0 Å². The van der Waals surface area contributed by atoms with E-state index in [-0.39, 0.29) is 0 Å². The molecule has 0 amide bonds. The van der Waals surface area contributed by atoms with Crippen LogP contribution >= 0.6 is 0 Å². The number of nitrogens with zero attached hydrogens (tertiary/aromatic N) is 1. The van der Waals surface area contributed by atoms with Crippen LogP contribution in [0.5, 0.6) is 0 Å². The molecule has 0 unspecified atom stereocenters. The maximum atomic E-state index is 3.68. The minimum atomic E-state index is 0.896. The zero-order valence-electron chi connectivity index (χ0n) is 13.4. The molecule has 0 aliphatic heterocycles. The van der Waals surface area contributed by atoms with Gasteiger partial charge in [-0.15, -0.1) is 0 Å². The molecule has 2 heteroatoms. The van der Waals surface area contributed by atoms with E-state index in [1.54, 1.807) is 0 Å². The fourth-order valence-corrected chi connectivity index (χ4v) is 3.17. The van der Waals surface area contributed by atoms with Crippen molar-refractivity contribution in [3.8, 4) is 0 Å². The summed E-state index contributed by atoms with van der Waals surface area (Å²) in [6, 6.07) is 8.80. The third-order valence-electron chi connectivity index (χ3n) is 4.49. The van der Waals surface area contributed by atoms with Crippen LogP contribution in [0.3, 0.4) is 0 Å². The summed E-state index contributed by atoms with van der Waals surface area (Å²) < 4.78 is 0. The highest BCUT2D eigenvalue weighted by Crippen LogP contribution is 2.27. The van der Waals surface area contributed by atoms with Gasteiger partial charge >= 0.3 is 0 Å². The van der Waals surface area contributed by atoms with E-state index in [1.165, 1.54) is 43.4 Å². The lowest BCUT2D eigenvalue weighted by Crippen LogP contribution is -2.26. The molecule has 0 saturated heterocycles. The zero-order valence-corrected chi connectivity index (χ0v) is 13.4. The van der Waals surface area contributed by atoms with Crippen molar-refractivity contribution in [1.82, 2.24) is 10.2 Å². The minimum Gasteiger partial charge on any atom is -0.312 e. The third-order valence-corrected chi connectivity index (χ3v) is 4.49. The molecule has 1 aromatic rings. The Bertz CT molecular complexity index is 392. The summed E-state index contributed by atoms with van der Waals surface area (Å²) in [6.07, 6.45) is 5.66. The summed E-state index contributed by atoms with van der Waals surface area (Å²) in [5.74, 6) is 1.85. The predicted molar refractivity (Wildman–Crippen MR) is 86.7 cm³/mol. The second kappa shape index (κ2) is 7.80. The first-order valence-electron chi connectivity index (χ1n) is 8.07. The first-order valence-corrected chi connectivity index (χ1v) is 8.07. The summed E-state index contributed by atoms with van der Waals surface area (Å²) in [4.78, 5) is 2.24. The Morgan fingerprint density at radius 2 is 1.70 bits per heavy atom. The highest BCUT2D eigenvalue weighted by atomic mass is 15.0. The SMILES string of the molecule is CC1CCC(CNCc2ccccc2CN(C)C)CC1. The maximum Gasteiger partial charge on any atom is 0.0230 e. The normalized spacial score (nSPS) is 23.2. The Balaban J connectivity index is 1.79. The topological polar surface area (TPSA) is 15.3 Å². The molecule has 20 heavy (non-hydrogen) atoms. The van der Waals surface area contributed by atoms with Crippen LogP contribution in [0.15, 0.2) is 24.3 Å². The fourth-order valence-electron chi connectivity index (χ4n) is 3.17. The highest BCUT2D eigenvalue weighted by molar-refractivity contribution is 5.26. The lowest BCUT2D eigenvalue weighted by Gasteiger charge is -2.26. The summed E-state index contributed by atoms with van der Waals surface area (Å²) in [5, 5.41) is 3.68. The van der Waals surface area contributed by atoms with Crippen molar-refractivity contribution in [2.75, 3.05) is 20.6 Å².